The second-order valence-corrected chi connectivity index (χ2v) is 5.16. The van der Waals surface area contributed by atoms with Crippen molar-refractivity contribution in [3.05, 3.63) is 65.5 Å². The van der Waals surface area contributed by atoms with Crippen molar-refractivity contribution in [3.63, 3.8) is 0 Å². The Morgan fingerprint density at radius 3 is 2.67 bits per heavy atom. The topological polar surface area (TPSA) is 41.6 Å². The SMILES string of the molecule is CCc1ccc(C2CN=C(N)N2c2cccc(F)c2)cc1. The highest BCUT2D eigenvalue weighted by Gasteiger charge is 2.28. The molecule has 0 saturated heterocycles. The van der Waals surface area contributed by atoms with Gasteiger partial charge >= 0.3 is 0 Å². The van der Waals surface area contributed by atoms with E-state index in [4.69, 9.17) is 5.73 Å². The average Bonchev–Trinajstić information content (AvgIpc) is 2.89. The van der Waals surface area contributed by atoms with E-state index in [-0.39, 0.29) is 11.9 Å². The smallest absolute Gasteiger partial charge is 0.196 e. The van der Waals surface area contributed by atoms with Crippen molar-refractivity contribution in [2.75, 3.05) is 11.4 Å². The van der Waals surface area contributed by atoms with Crippen LogP contribution in [0.2, 0.25) is 0 Å². The Hall–Kier alpha value is -2.36. The summed E-state index contributed by atoms with van der Waals surface area (Å²) in [5.74, 6) is 0.164. The summed E-state index contributed by atoms with van der Waals surface area (Å²) in [5.41, 5.74) is 9.17. The lowest BCUT2D eigenvalue weighted by molar-refractivity contribution is 0.626. The van der Waals surface area contributed by atoms with Crippen LogP contribution in [0.3, 0.4) is 0 Å². The van der Waals surface area contributed by atoms with E-state index in [1.54, 1.807) is 6.07 Å². The maximum atomic E-state index is 13.5. The maximum absolute atomic E-state index is 13.5. The Bertz CT molecular complexity index is 664. The van der Waals surface area contributed by atoms with Gasteiger partial charge in [0.25, 0.3) is 0 Å². The number of nitrogens with two attached hydrogens (primary N) is 1. The lowest BCUT2D eigenvalue weighted by atomic mass is 10.0. The number of aryl methyl sites for hydroxylation is 1. The van der Waals surface area contributed by atoms with Crippen LogP contribution in [-0.4, -0.2) is 12.5 Å². The molecule has 2 N–H and O–H groups in total. The average molecular weight is 283 g/mol. The van der Waals surface area contributed by atoms with Gasteiger partial charge < -0.3 is 10.6 Å². The molecule has 1 heterocycles. The Morgan fingerprint density at radius 1 is 1.24 bits per heavy atom. The molecule has 2 aromatic rings. The molecule has 0 fully saturated rings. The first-order valence-electron chi connectivity index (χ1n) is 7.12. The van der Waals surface area contributed by atoms with Crippen LogP contribution in [0, 0.1) is 5.82 Å². The van der Waals surface area contributed by atoms with Crippen LogP contribution in [0.25, 0.3) is 0 Å². The summed E-state index contributed by atoms with van der Waals surface area (Å²) in [6.45, 7) is 2.72. The van der Waals surface area contributed by atoms with E-state index in [2.05, 4.69) is 36.2 Å². The summed E-state index contributed by atoms with van der Waals surface area (Å²) < 4.78 is 13.5. The molecule has 1 aliphatic heterocycles. The molecule has 1 atom stereocenters. The third-order valence-corrected chi connectivity index (χ3v) is 3.84. The van der Waals surface area contributed by atoms with Crippen LogP contribution < -0.4 is 10.6 Å². The lowest BCUT2D eigenvalue weighted by Crippen LogP contribution is -2.36. The van der Waals surface area contributed by atoms with Crippen LogP contribution >= 0.6 is 0 Å². The molecule has 2 aromatic carbocycles. The van der Waals surface area contributed by atoms with Gasteiger partial charge in [0.2, 0.25) is 0 Å². The largest absolute Gasteiger partial charge is 0.369 e. The molecule has 108 valence electrons. The Labute approximate surface area is 123 Å². The third-order valence-electron chi connectivity index (χ3n) is 3.84. The minimum Gasteiger partial charge on any atom is -0.369 e. The van der Waals surface area contributed by atoms with E-state index in [0.29, 0.717) is 12.5 Å². The van der Waals surface area contributed by atoms with Crippen LogP contribution in [0.15, 0.2) is 53.5 Å². The first-order chi connectivity index (χ1) is 10.2. The molecule has 3 rings (SSSR count). The van der Waals surface area contributed by atoms with Crippen LogP contribution in [0.1, 0.15) is 24.1 Å². The van der Waals surface area contributed by atoms with Gasteiger partial charge in [0.1, 0.15) is 5.82 Å². The molecule has 1 unspecified atom stereocenters. The third kappa shape index (κ3) is 2.61. The van der Waals surface area contributed by atoms with Gasteiger partial charge in [-0.25, -0.2) is 4.39 Å². The van der Waals surface area contributed by atoms with E-state index in [1.807, 2.05) is 11.0 Å². The van der Waals surface area contributed by atoms with Gasteiger partial charge in [-0.3, -0.25) is 4.99 Å². The van der Waals surface area contributed by atoms with Crippen molar-refractivity contribution in [1.82, 2.24) is 0 Å². The second-order valence-electron chi connectivity index (χ2n) is 5.16. The fourth-order valence-electron chi connectivity index (χ4n) is 2.67. The van der Waals surface area contributed by atoms with Crippen LogP contribution in [0.4, 0.5) is 10.1 Å². The zero-order chi connectivity index (χ0) is 14.8. The van der Waals surface area contributed by atoms with Crippen LogP contribution in [-0.2, 0) is 6.42 Å². The Balaban J connectivity index is 1.94. The quantitative estimate of drug-likeness (QED) is 0.939. The lowest BCUT2D eigenvalue weighted by Gasteiger charge is -2.26. The number of nitrogens with zero attached hydrogens (tertiary/aromatic N) is 2. The van der Waals surface area contributed by atoms with E-state index in [0.717, 1.165) is 17.7 Å². The van der Waals surface area contributed by atoms with Gasteiger partial charge in [-0.2, -0.15) is 0 Å². The molecular formula is C17H18FN3. The molecule has 21 heavy (non-hydrogen) atoms. The van der Waals surface area contributed by atoms with Gasteiger partial charge in [0, 0.05) is 5.69 Å². The fourth-order valence-corrected chi connectivity index (χ4v) is 2.67. The zero-order valence-electron chi connectivity index (χ0n) is 12.0. The number of hydrogen-bond acceptors (Lipinski definition) is 3. The van der Waals surface area contributed by atoms with Crippen molar-refractivity contribution in [3.8, 4) is 0 Å². The minimum absolute atomic E-state index is 0.0257. The van der Waals surface area contributed by atoms with Gasteiger partial charge in [-0.15, -0.1) is 0 Å². The number of anilines is 1. The highest BCUT2D eigenvalue weighted by atomic mass is 19.1. The number of halogens is 1. The van der Waals surface area contributed by atoms with Crippen molar-refractivity contribution in [2.45, 2.75) is 19.4 Å². The molecule has 0 amide bonds. The Morgan fingerprint density at radius 2 is 2.00 bits per heavy atom. The van der Waals surface area contributed by atoms with Crippen LogP contribution in [0.5, 0.6) is 0 Å². The normalized spacial score (nSPS) is 17.9. The van der Waals surface area contributed by atoms with Crippen molar-refractivity contribution in [1.29, 1.82) is 0 Å². The fraction of sp³-hybridized carbons (Fsp3) is 0.235. The van der Waals surface area contributed by atoms with Crippen molar-refractivity contribution in [2.24, 2.45) is 10.7 Å². The molecule has 0 radical (unpaired) electrons. The summed E-state index contributed by atoms with van der Waals surface area (Å²) >= 11 is 0. The number of guanidine groups is 1. The van der Waals surface area contributed by atoms with E-state index in [1.165, 1.54) is 17.7 Å². The predicted octanol–water partition coefficient (Wildman–Crippen LogP) is 3.26. The molecule has 0 spiro atoms. The highest BCUT2D eigenvalue weighted by molar-refractivity contribution is 5.97. The molecule has 0 saturated carbocycles. The monoisotopic (exact) mass is 283 g/mol. The highest BCUT2D eigenvalue weighted by Crippen LogP contribution is 2.31. The number of hydrogen-bond donors (Lipinski definition) is 1. The standard InChI is InChI=1S/C17H18FN3/c1-2-12-6-8-13(9-7-12)16-11-20-17(19)21(16)15-5-3-4-14(18)10-15/h3-10,16H,2,11H2,1H3,(H2,19,20). The van der Waals surface area contributed by atoms with Crippen molar-refractivity contribution >= 4 is 11.6 Å². The number of aliphatic imine (C=N–C) groups is 1. The first kappa shape index (κ1) is 13.6. The number of rotatable bonds is 3. The second kappa shape index (κ2) is 5.56. The molecule has 0 aromatic heterocycles. The molecule has 1 aliphatic rings. The van der Waals surface area contributed by atoms with E-state index >= 15 is 0 Å². The summed E-state index contributed by atoms with van der Waals surface area (Å²) in [6, 6.07) is 14.9. The minimum atomic E-state index is -0.271. The van der Waals surface area contributed by atoms with Gasteiger partial charge in [-0.05, 0) is 35.7 Å². The maximum Gasteiger partial charge on any atom is 0.196 e. The van der Waals surface area contributed by atoms with Gasteiger partial charge in [0.15, 0.2) is 5.96 Å². The molecule has 3 nitrogen and oxygen atoms in total. The summed E-state index contributed by atoms with van der Waals surface area (Å²) in [4.78, 5) is 6.21. The van der Waals surface area contributed by atoms with Gasteiger partial charge in [0.05, 0.1) is 12.6 Å². The predicted molar refractivity (Wildman–Crippen MR) is 83.9 cm³/mol. The first-order valence-corrected chi connectivity index (χ1v) is 7.12. The van der Waals surface area contributed by atoms with E-state index in [9.17, 15) is 4.39 Å². The van der Waals surface area contributed by atoms with E-state index < -0.39 is 0 Å². The Kier molecular flexibility index (Phi) is 3.60. The zero-order valence-corrected chi connectivity index (χ0v) is 12.0. The summed E-state index contributed by atoms with van der Waals surface area (Å²) in [5, 5.41) is 0. The molecule has 4 heteroatoms. The molecular weight excluding hydrogens is 265 g/mol. The number of benzene rings is 2. The summed E-state index contributed by atoms with van der Waals surface area (Å²) in [7, 11) is 0. The summed E-state index contributed by atoms with van der Waals surface area (Å²) in [6.07, 6.45) is 1.01. The molecule has 0 aliphatic carbocycles. The van der Waals surface area contributed by atoms with Gasteiger partial charge in [-0.1, -0.05) is 37.3 Å². The molecule has 0 bridgehead atoms. The van der Waals surface area contributed by atoms with Crippen molar-refractivity contribution < 1.29 is 4.39 Å².